The molecule has 1 aromatic heterocycles. The van der Waals surface area contributed by atoms with E-state index in [1.165, 1.54) is 16.7 Å². The molecule has 1 aromatic rings. The van der Waals surface area contributed by atoms with Gasteiger partial charge in [0.25, 0.3) is 0 Å². The SMILES string of the molecule is CS(=O)(=O)c1csc(S)n1. The number of sulfone groups is 1. The van der Waals surface area contributed by atoms with Crippen LogP contribution in [0, 0.1) is 0 Å². The van der Waals surface area contributed by atoms with Gasteiger partial charge in [-0.25, -0.2) is 13.4 Å². The zero-order valence-corrected chi connectivity index (χ0v) is 7.63. The predicted octanol–water partition coefficient (Wildman–Crippen LogP) is 0.835. The molecule has 1 heterocycles. The van der Waals surface area contributed by atoms with Crippen LogP contribution in [0.1, 0.15) is 0 Å². The second-order valence-corrected chi connectivity index (χ2v) is 5.29. The zero-order chi connectivity index (χ0) is 7.78. The Morgan fingerprint density at radius 3 is 2.50 bits per heavy atom. The predicted molar refractivity (Wildman–Crippen MR) is 42.5 cm³/mol. The van der Waals surface area contributed by atoms with Gasteiger partial charge in [0.05, 0.1) is 0 Å². The van der Waals surface area contributed by atoms with Gasteiger partial charge in [-0.1, -0.05) is 0 Å². The zero-order valence-electron chi connectivity index (χ0n) is 5.10. The summed E-state index contributed by atoms with van der Waals surface area (Å²) in [6.07, 6.45) is 1.12. The van der Waals surface area contributed by atoms with Gasteiger partial charge in [-0.05, 0) is 0 Å². The number of rotatable bonds is 1. The van der Waals surface area contributed by atoms with Crippen molar-refractivity contribution in [3.8, 4) is 0 Å². The fraction of sp³-hybridized carbons (Fsp3) is 0.250. The first-order chi connectivity index (χ1) is 4.50. The van der Waals surface area contributed by atoms with Gasteiger partial charge in [-0.2, -0.15) is 0 Å². The maximum atomic E-state index is 10.8. The topological polar surface area (TPSA) is 47.0 Å². The van der Waals surface area contributed by atoms with Gasteiger partial charge in [-0.15, -0.1) is 24.0 Å². The molecular formula is C4H5NO2S3. The van der Waals surface area contributed by atoms with E-state index in [4.69, 9.17) is 0 Å². The maximum absolute atomic E-state index is 10.8. The van der Waals surface area contributed by atoms with E-state index in [0.717, 1.165) is 6.26 Å². The lowest BCUT2D eigenvalue weighted by atomic mass is 11.0. The number of hydrogen-bond acceptors (Lipinski definition) is 5. The molecule has 0 fully saturated rings. The Hall–Kier alpha value is -0.0700. The molecule has 6 heteroatoms. The Morgan fingerprint density at radius 1 is 1.70 bits per heavy atom. The summed E-state index contributed by atoms with van der Waals surface area (Å²) < 4.78 is 22.0. The molecule has 0 saturated heterocycles. The average molecular weight is 195 g/mol. The van der Waals surface area contributed by atoms with E-state index in [1.54, 1.807) is 0 Å². The van der Waals surface area contributed by atoms with E-state index in [9.17, 15) is 8.42 Å². The number of nitrogens with zero attached hydrogens (tertiary/aromatic N) is 1. The quantitative estimate of drug-likeness (QED) is 0.675. The second-order valence-electron chi connectivity index (χ2n) is 1.74. The Morgan fingerprint density at radius 2 is 2.30 bits per heavy atom. The molecule has 0 aliphatic rings. The minimum absolute atomic E-state index is 0.0995. The number of hydrogen-bond donors (Lipinski definition) is 1. The maximum Gasteiger partial charge on any atom is 0.193 e. The van der Waals surface area contributed by atoms with Crippen LogP contribution in [0.4, 0.5) is 0 Å². The lowest BCUT2D eigenvalue weighted by molar-refractivity contribution is 0.598. The van der Waals surface area contributed by atoms with Crippen molar-refractivity contribution in [2.45, 2.75) is 9.37 Å². The molecule has 0 N–H and O–H groups in total. The summed E-state index contributed by atoms with van der Waals surface area (Å²) in [4.78, 5) is 3.68. The highest BCUT2D eigenvalue weighted by molar-refractivity contribution is 7.90. The van der Waals surface area contributed by atoms with Crippen LogP contribution in [0.5, 0.6) is 0 Å². The molecule has 0 atom stereocenters. The van der Waals surface area contributed by atoms with E-state index >= 15 is 0 Å². The van der Waals surface area contributed by atoms with Gasteiger partial charge in [-0.3, -0.25) is 0 Å². The third-order valence-electron chi connectivity index (χ3n) is 0.851. The summed E-state index contributed by atoms with van der Waals surface area (Å²) in [5.41, 5.74) is 0. The van der Waals surface area contributed by atoms with Crippen molar-refractivity contribution in [2.24, 2.45) is 0 Å². The Balaban J connectivity index is 3.21. The number of thiol groups is 1. The highest BCUT2D eigenvalue weighted by atomic mass is 32.2. The van der Waals surface area contributed by atoms with Crippen LogP contribution in [0.2, 0.25) is 0 Å². The average Bonchev–Trinajstić information content (AvgIpc) is 2.11. The third kappa shape index (κ3) is 1.71. The van der Waals surface area contributed by atoms with Crippen LogP contribution in [0.25, 0.3) is 0 Å². The van der Waals surface area contributed by atoms with Gasteiger partial charge in [0.1, 0.15) is 4.34 Å². The van der Waals surface area contributed by atoms with Crippen LogP contribution in [-0.4, -0.2) is 19.7 Å². The lowest BCUT2D eigenvalue weighted by Crippen LogP contribution is -1.96. The molecule has 0 saturated carbocycles. The van der Waals surface area contributed by atoms with E-state index in [-0.39, 0.29) is 5.03 Å². The van der Waals surface area contributed by atoms with Crippen LogP contribution in [0.15, 0.2) is 14.7 Å². The Kier molecular flexibility index (Phi) is 2.02. The van der Waals surface area contributed by atoms with Gasteiger partial charge in [0.15, 0.2) is 14.9 Å². The molecule has 0 bridgehead atoms. The van der Waals surface area contributed by atoms with E-state index in [2.05, 4.69) is 17.6 Å². The first-order valence-electron chi connectivity index (χ1n) is 2.35. The highest BCUT2D eigenvalue weighted by Gasteiger charge is 2.09. The first kappa shape index (κ1) is 8.03. The molecule has 0 radical (unpaired) electrons. The summed E-state index contributed by atoms with van der Waals surface area (Å²) in [6, 6.07) is 0. The van der Waals surface area contributed by atoms with Gasteiger partial charge < -0.3 is 0 Å². The normalized spacial score (nSPS) is 11.8. The van der Waals surface area contributed by atoms with Crippen LogP contribution in [0.3, 0.4) is 0 Å². The van der Waals surface area contributed by atoms with E-state index in [1.807, 2.05) is 0 Å². The van der Waals surface area contributed by atoms with Crippen molar-refractivity contribution in [2.75, 3.05) is 6.26 Å². The lowest BCUT2D eigenvalue weighted by Gasteiger charge is -1.85. The second kappa shape index (κ2) is 2.52. The monoisotopic (exact) mass is 195 g/mol. The third-order valence-corrected chi connectivity index (χ3v) is 3.03. The fourth-order valence-corrected chi connectivity index (χ4v) is 2.32. The van der Waals surface area contributed by atoms with Crippen LogP contribution < -0.4 is 0 Å². The summed E-state index contributed by atoms with van der Waals surface area (Å²) in [5, 5.41) is 1.57. The van der Waals surface area contributed by atoms with Crippen molar-refractivity contribution >= 4 is 33.8 Å². The van der Waals surface area contributed by atoms with Crippen molar-refractivity contribution < 1.29 is 8.42 Å². The van der Waals surface area contributed by atoms with Gasteiger partial charge >= 0.3 is 0 Å². The summed E-state index contributed by atoms with van der Waals surface area (Å²) in [5.74, 6) is 0. The first-order valence-corrected chi connectivity index (χ1v) is 5.56. The molecule has 0 aliphatic carbocycles. The van der Waals surface area contributed by atoms with Crippen LogP contribution >= 0.6 is 24.0 Å². The summed E-state index contributed by atoms with van der Waals surface area (Å²) in [6.45, 7) is 0. The van der Waals surface area contributed by atoms with Crippen molar-refractivity contribution in [3.05, 3.63) is 5.38 Å². The molecule has 3 nitrogen and oxygen atoms in total. The van der Waals surface area contributed by atoms with Crippen molar-refractivity contribution in [1.29, 1.82) is 0 Å². The molecular weight excluding hydrogens is 190 g/mol. The van der Waals surface area contributed by atoms with Crippen LogP contribution in [-0.2, 0) is 9.84 Å². The number of thiazole rings is 1. The van der Waals surface area contributed by atoms with Crippen molar-refractivity contribution in [3.63, 3.8) is 0 Å². The highest BCUT2D eigenvalue weighted by Crippen LogP contribution is 2.16. The molecule has 10 heavy (non-hydrogen) atoms. The molecule has 56 valence electrons. The minimum atomic E-state index is -3.13. The molecule has 0 amide bonds. The smallest absolute Gasteiger partial charge is 0.193 e. The molecule has 0 aromatic carbocycles. The molecule has 0 aliphatic heterocycles. The standard InChI is InChI=1S/C4H5NO2S3/c1-10(6,7)3-2-9-4(8)5-3/h2H,1H3,(H,5,8). The van der Waals surface area contributed by atoms with E-state index in [0.29, 0.717) is 4.34 Å². The fourth-order valence-electron chi connectivity index (χ4n) is 0.420. The minimum Gasteiger partial charge on any atom is -0.222 e. The Labute approximate surface area is 68.4 Å². The summed E-state index contributed by atoms with van der Waals surface area (Å²) >= 11 is 5.09. The van der Waals surface area contributed by atoms with E-state index < -0.39 is 9.84 Å². The Bertz CT molecular complexity index is 326. The largest absolute Gasteiger partial charge is 0.222 e. The number of aromatic nitrogens is 1. The van der Waals surface area contributed by atoms with Crippen molar-refractivity contribution in [1.82, 2.24) is 4.98 Å². The molecule has 1 rings (SSSR count). The molecule has 0 spiro atoms. The van der Waals surface area contributed by atoms with Gasteiger partial charge in [0, 0.05) is 11.6 Å². The van der Waals surface area contributed by atoms with Gasteiger partial charge in [0.2, 0.25) is 0 Å². The molecule has 0 unspecified atom stereocenters. The summed E-state index contributed by atoms with van der Waals surface area (Å²) in [7, 11) is -3.13.